The fraction of sp³-hybridized carbons (Fsp3) is 0.0625. The van der Waals surface area contributed by atoms with E-state index in [1.165, 1.54) is 0 Å². The molecule has 3 aromatic rings. The van der Waals surface area contributed by atoms with Gasteiger partial charge in [-0.25, -0.2) is 10.4 Å². The number of carbonyl (C=O) groups is 1. The Labute approximate surface area is 121 Å². The second kappa shape index (κ2) is 6.00. The molecule has 1 amide bonds. The summed E-state index contributed by atoms with van der Waals surface area (Å²) in [5.41, 5.74) is 5.26. The molecule has 1 N–H and O–H groups in total. The molecule has 104 valence electrons. The normalized spacial score (nSPS) is 11.0. The molecule has 0 atom stereocenters. The number of hydrogen-bond acceptors (Lipinski definition) is 3. The number of nitrogens with zero attached hydrogens (tertiary/aromatic N) is 3. The molecule has 0 radical (unpaired) electrons. The molecule has 0 aliphatic rings. The summed E-state index contributed by atoms with van der Waals surface area (Å²) in [6, 6.07) is 17.3. The Morgan fingerprint density at radius 1 is 1.14 bits per heavy atom. The molecule has 5 heteroatoms. The van der Waals surface area contributed by atoms with E-state index < -0.39 is 0 Å². The van der Waals surface area contributed by atoms with Crippen molar-refractivity contribution in [3.8, 4) is 0 Å². The maximum atomic E-state index is 11.9. The molecular formula is C16H14N4O. The van der Waals surface area contributed by atoms with Crippen LogP contribution in [0.3, 0.4) is 0 Å². The first-order valence-electron chi connectivity index (χ1n) is 6.60. The third-order valence-corrected chi connectivity index (χ3v) is 3.04. The fourth-order valence-electron chi connectivity index (χ4n) is 2.04. The molecule has 2 aromatic carbocycles. The van der Waals surface area contributed by atoms with Crippen molar-refractivity contribution in [2.45, 2.75) is 6.54 Å². The van der Waals surface area contributed by atoms with Crippen molar-refractivity contribution in [3.63, 3.8) is 0 Å². The summed E-state index contributed by atoms with van der Waals surface area (Å²) in [4.78, 5) is 16.1. The van der Waals surface area contributed by atoms with Gasteiger partial charge in [0.2, 0.25) is 0 Å². The second-order valence-corrected chi connectivity index (χ2v) is 4.57. The minimum Gasteiger partial charge on any atom is -0.321 e. The minimum absolute atomic E-state index is 0.187. The highest BCUT2D eigenvalue weighted by atomic mass is 16.2. The monoisotopic (exact) mass is 278 g/mol. The first kappa shape index (κ1) is 13.1. The molecule has 0 saturated carbocycles. The van der Waals surface area contributed by atoms with Crippen LogP contribution in [0.1, 0.15) is 5.56 Å². The van der Waals surface area contributed by atoms with E-state index in [1.807, 2.05) is 54.6 Å². The van der Waals surface area contributed by atoms with Crippen LogP contribution in [0.15, 0.2) is 66.0 Å². The molecular weight excluding hydrogens is 264 g/mol. The van der Waals surface area contributed by atoms with Crippen molar-refractivity contribution in [3.05, 3.63) is 66.5 Å². The molecule has 3 rings (SSSR count). The van der Waals surface area contributed by atoms with Gasteiger partial charge < -0.3 is 4.57 Å². The SMILES string of the molecule is O=C(Cn1cnc2ccccc21)N/N=C\c1ccccc1. The minimum atomic E-state index is -0.190. The van der Waals surface area contributed by atoms with Gasteiger partial charge in [-0.15, -0.1) is 0 Å². The third-order valence-electron chi connectivity index (χ3n) is 3.04. The molecule has 1 aromatic heterocycles. The van der Waals surface area contributed by atoms with Crippen molar-refractivity contribution in [2.24, 2.45) is 5.10 Å². The highest BCUT2D eigenvalue weighted by Crippen LogP contribution is 2.11. The van der Waals surface area contributed by atoms with Crippen molar-refractivity contribution in [1.29, 1.82) is 0 Å². The first-order chi connectivity index (χ1) is 10.3. The van der Waals surface area contributed by atoms with Gasteiger partial charge in [0, 0.05) is 0 Å². The largest absolute Gasteiger partial charge is 0.321 e. The van der Waals surface area contributed by atoms with Crippen molar-refractivity contribution >= 4 is 23.2 Å². The summed E-state index contributed by atoms with van der Waals surface area (Å²) in [5.74, 6) is -0.190. The van der Waals surface area contributed by atoms with E-state index in [0.717, 1.165) is 16.6 Å². The van der Waals surface area contributed by atoms with Crippen LogP contribution in [-0.2, 0) is 11.3 Å². The number of fused-ring (bicyclic) bond motifs is 1. The van der Waals surface area contributed by atoms with E-state index in [0.29, 0.717) is 0 Å². The number of amides is 1. The number of benzene rings is 2. The predicted molar refractivity (Wildman–Crippen MR) is 81.9 cm³/mol. The zero-order valence-corrected chi connectivity index (χ0v) is 11.3. The summed E-state index contributed by atoms with van der Waals surface area (Å²) in [6.45, 7) is 0.187. The van der Waals surface area contributed by atoms with Gasteiger partial charge in [-0.3, -0.25) is 4.79 Å². The molecule has 0 fully saturated rings. The molecule has 1 heterocycles. The Morgan fingerprint density at radius 2 is 1.90 bits per heavy atom. The Balaban J connectivity index is 1.63. The number of hydrazone groups is 1. The Kier molecular flexibility index (Phi) is 3.73. The summed E-state index contributed by atoms with van der Waals surface area (Å²) >= 11 is 0. The Bertz CT molecular complexity index is 777. The molecule has 21 heavy (non-hydrogen) atoms. The predicted octanol–water partition coefficient (Wildman–Crippen LogP) is 2.19. The van der Waals surface area contributed by atoms with E-state index in [2.05, 4.69) is 15.5 Å². The molecule has 0 bridgehead atoms. The number of carbonyl (C=O) groups excluding carboxylic acids is 1. The lowest BCUT2D eigenvalue weighted by atomic mass is 10.2. The third kappa shape index (κ3) is 3.14. The fourth-order valence-corrected chi connectivity index (χ4v) is 2.04. The average Bonchev–Trinajstić information content (AvgIpc) is 2.92. The second-order valence-electron chi connectivity index (χ2n) is 4.57. The van der Waals surface area contributed by atoms with Crippen molar-refractivity contribution < 1.29 is 4.79 Å². The van der Waals surface area contributed by atoms with Gasteiger partial charge in [-0.2, -0.15) is 5.10 Å². The maximum absolute atomic E-state index is 11.9. The highest BCUT2D eigenvalue weighted by Gasteiger charge is 2.05. The average molecular weight is 278 g/mol. The van der Waals surface area contributed by atoms with Crippen LogP contribution in [0.25, 0.3) is 11.0 Å². The number of para-hydroxylation sites is 2. The number of hydrogen-bond donors (Lipinski definition) is 1. The molecule has 0 aliphatic carbocycles. The van der Waals surface area contributed by atoms with Gasteiger partial charge in [0.25, 0.3) is 5.91 Å². The van der Waals surface area contributed by atoms with Gasteiger partial charge in [0.05, 0.1) is 23.6 Å². The Hall–Kier alpha value is -2.95. The lowest BCUT2D eigenvalue weighted by Gasteiger charge is -2.02. The summed E-state index contributed by atoms with van der Waals surface area (Å²) < 4.78 is 1.79. The molecule has 5 nitrogen and oxygen atoms in total. The Morgan fingerprint density at radius 3 is 2.76 bits per heavy atom. The highest BCUT2D eigenvalue weighted by molar-refractivity contribution is 5.83. The molecule has 0 aliphatic heterocycles. The summed E-state index contributed by atoms with van der Waals surface area (Å²) in [5, 5.41) is 3.94. The van der Waals surface area contributed by atoms with Crippen molar-refractivity contribution in [1.82, 2.24) is 15.0 Å². The number of imidazole rings is 1. The smallest absolute Gasteiger partial charge is 0.260 e. The van der Waals surface area contributed by atoms with Gasteiger partial charge in [-0.05, 0) is 17.7 Å². The molecule has 0 unspecified atom stereocenters. The lowest BCUT2D eigenvalue weighted by molar-refractivity contribution is -0.121. The standard InChI is InChI=1S/C16H14N4O/c21-16(19-18-10-13-6-2-1-3-7-13)11-20-12-17-14-8-4-5-9-15(14)20/h1-10,12H,11H2,(H,19,21)/b18-10-. The zero-order valence-electron chi connectivity index (χ0n) is 11.3. The topological polar surface area (TPSA) is 59.3 Å². The molecule has 0 saturated heterocycles. The summed E-state index contributed by atoms with van der Waals surface area (Å²) in [7, 11) is 0. The maximum Gasteiger partial charge on any atom is 0.260 e. The van der Waals surface area contributed by atoms with Gasteiger partial charge in [0.15, 0.2) is 0 Å². The first-order valence-corrected chi connectivity index (χ1v) is 6.60. The van der Waals surface area contributed by atoms with Crippen LogP contribution in [0.2, 0.25) is 0 Å². The van der Waals surface area contributed by atoms with Crippen LogP contribution in [0.4, 0.5) is 0 Å². The quantitative estimate of drug-likeness (QED) is 0.587. The van der Waals surface area contributed by atoms with E-state index in [1.54, 1.807) is 17.1 Å². The molecule has 0 spiro atoms. The van der Waals surface area contributed by atoms with Gasteiger partial charge in [0.1, 0.15) is 6.54 Å². The van der Waals surface area contributed by atoms with Gasteiger partial charge >= 0.3 is 0 Å². The van der Waals surface area contributed by atoms with E-state index in [-0.39, 0.29) is 12.5 Å². The van der Waals surface area contributed by atoms with Crippen LogP contribution < -0.4 is 5.43 Å². The van der Waals surface area contributed by atoms with Crippen LogP contribution in [0.5, 0.6) is 0 Å². The zero-order chi connectivity index (χ0) is 14.5. The number of aromatic nitrogens is 2. The van der Waals surface area contributed by atoms with Crippen LogP contribution in [0, 0.1) is 0 Å². The van der Waals surface area contributed by atoms with Crippen LogP contribution >= 0.6 is 0 Å². The number of nitrogens with one attached hydrogen (secondary N) is 1. The van der Waals surface area contributed by atoms with Crippen LogP contribution in [-0.4, -0.2) is 21.7 Å². The van der Waals surface area contributed by atoms with E-state index in [4.69, 9.17) is 0 Å². The lowest BCUT2D eigenvalue weighted by Crippen LogP contribution is -2.22. The van der Waals surface area contributed by atoms with Gasteiger partial charge in [-0.1, -0.05) is 42.5 Å². The van der Waals surface area contributed by atoms with E-state index >= 15 is 0 Å². The van der Waals surface area contributed by atoms with E-state index in [9.17, 15) is 4.79 Å². The van der Waals surface area contributed by atoms with Crippen molar-refractivity contribution in [2.75, 3.05) is 0 Å². The number of rotatable bonds is 4. The summed E-state index contributed by atoms with van der Waals surface area (Å²) in [6.07, 6.45) is 3.27.